The Hall–Kier alpha value is -2.63. The van der Waals surface area contributed by atoms with E-state index < -0.39 is 5.63 Å². The number of aryl methyl sites for hydroxylation is 1. The van der Waals surface area contributed by atoms with Gasteiger partial charge in [0.15, 0.2) is 6.61 Å². The first-order valence-corrected chi connectivity index (χ1v) is 10.1. The van der Waals surface area contributed by atoms with E-state index in [-0.39, 0.29) is 12.5 Å². The Morgan fingerprint density at radius 3 is 2.89 bits per heavy atom. The number of nitrogens with one attached hydrogen (secondary N) is 1. The Morgan fingerprint density at radius 2 is 2.04 bits per heavy atom. The first-order valence-electron chi connectivity index (χ1n) is 10.1. The number of nitrogens with zero attached hydrogens (tertiary/aromatic N) is 1. The molecule has 2 saturated carbocycles. The fourth-order valence-corrected chi connectivity index (χ4v) is 4.51. The Morgan fingerprint density at radius 1 is 1.21 bits per heavy atom. The van der Waals surface area contributed by atoms with Gasteiger partial charge in [0.1, 0.15) is 11.3 Å². The minimum Gasteiger partial charge on any atom is -0.484 e. The number of fused-ring (bicyclic) bond motifs is 2. The minimum atomic E-state index is -0.400. The van der Waals surface area contributed by atoms with E-state index in [0.29, 0.717) is 11.3 Å². The molecule has 148 valence electrons. The molecular weight excluding hydrogens is 356 g/mol. The summed E-state index contributed by atoms with van der Waals surface area (Å²) < 4.78 is 10.7. The molecule has 6 nitrogen and oxygen atoms in total. The lowest BCUT2D eigenvalue weighted by Crippen LogP contribution is -2.31. The average molecular weight is 382 g/mol. The number of carbonyl (C=O) groups is 1. The molecule has 0 bridgehead atoms. The van der Waals surface area contributed by atoms with Gasteiger partial charge in [-0.05, 0) is 62.1 Å². The van der Waals surface area contributed by atoms with Crippen molar-refractivity contribution in [2.45, 2.75) is 51.9 Å². The molecule has 0 spiro atoms. The predicted molar refractivity (Wildman–Crippen MR) is 108 cm³/mol. The van der Waals surface area contributed by atoms with Gasteiger partial charge in [0.05, 0.1) is 0 Å². The molecule has 2 fully saturated rings. The van der Waals surface area contributed by atoms with Crippen LogP contribution in [0.2, 0.25) is 0 Å². The van der Waals surface area contributed by atoms with Crippen LogP contribution >= 0.6 is 0 Å². The van der Waals surface area contributed by atoms with Crippen molar-refractivity contribution in [1.29, 1.82) is 0 Å². The average Bonchev–Trinajstić information content (AvgIpc) is 2.70. The summed E-state index contributed by atoms with van der Waals surface area (Å²) in [6.07, 6.45) is 8.50. The summed E-state index contributed by atoms with van der Waals surface area (Å²) in [6.45, 7) is 1.72. The fraction of sp³-hybridized carbons (Fsp3) is 0.500. The molecule has 2 aromatic rings. The first kappa shape index (κ1) is 18.7. The second-order valence-electron chi connectivity index (χ2n) is 7.96. The lowest BCUT2D eigenvalue weighted by atomic mass is 9.70. The van der Waals surface area contributed by atoms with E-state index in [1.54, 1.807) is 12.1 Å². The number of amides is 1. The third kappa shape index (κ3) is 4.26. The summed E-state index contributed by atoms with van der Waals surface area (Å²) in [5.74, 6) is 1.78. The van der Waals surface area contributed by atoms with Crippen molar-refractivity contribution >= 4 is 22.6 Å². The van der Waals surface area contributed by atoms with E-state index in [1.165, 1.54) is 38.2 Å². The van der Waals surface area contributed by atoms with E-state index in [2.05, 4.69) is 10.5 Å². The molecule has 2 aliphatic rings. The molecule has 6 heteroatoms. The van der Waals surface area contributed by atoms with Crippen LogP contribution in [-0.2, 0) is 4.79 Å². The maximum Gasteiger partial charge on any atom is 0.336 e. The van der Waals surface area contributed by atoms with Gasteiger partial charge in [-0.15, -0.1) is 0 Å². The Balaban J connectivity index is 1.32. The van der Waals surface area contributed by atoms with Crippen LogP contribution in [0, 0.1) is 18.8 Å². The van der Waals surface area contributed by atoms with Gasteiger partial charge < -0.3 is 9.15 Å². The van der Waals surface area contributed by atoms with E-state index >= 15 is 0 Å². The monoisotopic (exact) mass is 382 g/mol. The highest BCUT2D eigenvalue weighted by atomic mass is 16.5. The zero-order chi connectivity index (χ0) is 19.5. The molecular formula is C22H26N2O4. The Bertz CT molecular complexity index is 963. The largest absolute Gasteiger partial charge is 0.484 e. The molecule has 4 rings (SSSR count). The number of benzene rings is 1. The summed E-state index contributed by atoms with van der Waals surface area (Å²) in [7, 11) is 0. The van der Waals surface area contributed by atoms with Gasteiger partial charge in [-0.25, -0.2) is 10.2 Å². The zero-order valence-corrected chi connectivity index (χ0v) is 16.2. The maximum atomic E-state index is 12.1. The van der Waals surface area contributed by atoms with Gasteiger partial charge in [0.25, 0.3) is 5.91 Å². The molecule has 28 heavy (non-hydrogen) atoms. The van der Waals surface area contributed by atoms with Crippen LogP contribution in [0.4, 0.5) is 0 Å². The molecule has 1 aromatic carbocycles. The molecule has 0 unspecified atom stereocenters. The number of rotatable bonds is 4. The molecule has 1 amide bonds. The van der Waals surface area contributed by atoms with Crippen molar-refractivity contribution in [3.05, 3.63) is 40.2 Å². The highest BCUT2D eigenvalue weighted by Gasteiger charge is 2.30. The molecule has 0 radical (unpaired) electrons. The molecule has 1 aromatic heterocycles. The third-order valence-electron chi connectivity index (χ3n) is 6.00. The van der Waals surface area contributed by atoms with Crippen molar-refractivity contribution < 1.29 is 13.9 Å². The normalized spacial score (nSPS) is 23.4. The van der Waals surface area contributed by atoms with E-state index in [9.17, 15) is 9.59 Å². The first-order chi connectivity index (χ1) is 13.6. The summed E-state index contributed by atoms with van der Waals surface area (Å²) in [5, 5.41) is 5.19. The van der Waals surface area contributed by atoms with Crippen molar-refractivity contribution in [2.24, 2.45) is 16.9 Å². The standard InChI is InChI=1S/C22H26N2O4/c1-14-10-22(26)28-20-12-18(8-9-19(14)20)27-13-21(25)24-23-17-7-6-15-4-2-3-5-16(15)11-17/h8-10,12,15-16H,2-7,11,13H2,1H3,(H,24,25)/b23-17-/t15-,16+/m0/s1. The maximum absolute atomic E-state index is 12.1. The van der Waals surface area contributed by atoms with Gasteiger partial charge in [0, 0.05) is 23.2 Å². The van der Waals surface area contributed by atoms with E-state index in [1.807, 2.05) is 13.0 Å². The number of ether oxygens (including phenoxy) is 1. The van der Waals surface area contributed by atoms with Crippen molar-refractivity contribution in [3.8, 4) is 5.75 Å². The quantitative estimate of drug-likeness (QED) is 0.641. The lowest BCUT2D eigenvalue weighted by molar-refractivity contribution is -0.123. The summed E-state index contributed by atoms with van der Waals surface area (Å²) in [4.78, 5) is 23.6. The third-order valence-corrected chi connectivity index (χ3v) is 6.00. The molecule has 0 aliphatic heterocycles. The summed E-state index contributed by atoms with van der Waals surface area (Å²) in [5.41, 5.74) is 4.62. The summed E-state index contributed by atoms with van der Waals surface area (Å²) in [6, 6.07) is 6.67. The van der Waals surface area contributed by atoms with E-state index in [4.69, 9.17) is 9.15 Å². The van der Waals surface area contributed by atoms with Gasteiger partial charge in [-0.3, -0.25) is 4.79 Å². The number of hydrogen-bond acceptors (Lipinski definition) is 5. The van der Waals surface area contributed by atoms with Gasteiger partial charge in [-0.1, -0.05) is 19.3 Å². The Labute approximate surface area is 164 Å². The zero-order valence-electron chi connectivity index (χ0n) is 16.2. The van der Waals surface area contributed by atoms with Crippen LogP contribution in [0.5, 0.6) is 5.75 Å². The van der Waals surface area contributed by atoms with E-state index in [0.717, 1.165) is 41.3 Å². The lowest BCUT2D eigenvalue weighted by Gasteiger charge is -2.35. The smallest absolute Gasteiger partial charge is 0.336 e. The highest BCUT2D eigenvalue weighted by Crippen LogP contribution is 2.39. The van der Waals surface area contributed by atoms with Crippen molar-refractivity contribution in [2.75, 3.05) is 6.61 Å². The number of carbonyl (C=O) groups excluding carboxylic acids is 1. The van der Waals surface area contributed by atoms with Gasteiger partial charge in [0.2, 0.25) is 0 Å². The van der Waals surface area contributed by atoms with Crippen LogP contribution in [0.3, 0.4) is 0 Å². The second-order valence-corrected chi connectivity index (χ2v) is 7.96. The number of hydrazone groups is 1. The molecule has 1 N–H and O–H groups in total. The molecule has 2 atom stereocenters. The number of hydrogen-bond donors (Lipinski definition) is 1. The van der Waals surface area contributed by atoms with Crippen molar-refractivity contribution in [3.63, 3.8) is 0 Å². The SMILES string of the molecule is Cc1cc(=O)oc2cc(OCC(=O)N/N=C3/CC[C@@H]4CCCC[C@@H]4C3)ccc12. The van der Waals surface area contributed by atoms with Crippen LogP contribution < -0.4 is 15.8 Å². The topological polar surface area (TPSA) is 80.9 Å². The molecule has 1 heterocycles. The second kappa shape index (κ2) is 8.17. The van der Waals surface area contributed by atoms with Gasteiger partial charge in [-0.2, -0.15) is 5.10 Å². The van der Waals surface area contributed by atoms with Crippen LogP contribution in [-0.4, -0.2) is 18.2 Å². The minimum absolute atomic E-state index is 0.135. The fourth-order valence-electron chi connectivity index (χ4n) is 4.51. The summed E-state index contributed by atoms with van der Waals surface area (Å²) >= 11 is 0. The highest BCUT2D eigenvalue weighted by molar-refractivity contribution is 5.87. The van der Waals surface area contributed by atoms with Crippen LogP contribution in [0.1, 0.15) is 50.5 Å². The van der Waals surface area contributed by atoms with Crippen molar-refractivity contribution in [1.82, 2.24) is 5.43 Å². The van der Waals surface area contributed by atoms with Crippen LogP contribution in [0.15, 0.2) is 38.6 Å². The predicted octanol–water partition coefficient (Wildman–Crippen LogP) is 3.94. The Kier molecular flexibility index (Phi) is 5.46. The van der Waals surface area contributed by atoms with Crippen LogP contribution in [0.25, 0.3) is 11.0 Å². The molecule has 2 aliphatic carbocycles. The van der Waals surface area contributed by atoms with Gasteiger partial charge >= 0.3 is 5.63 Å². The molecule has 0 saturated heterocycles.